The van der Waals surface area contributed by atoms with Crippen LogP contribution in [0.15, 0.2) is 12.4 Å². The number of carbonyl (C=O) groups is 1. The van der Waals surface area contributed by atoms with Gasteiger partial charge in [-0.25, -0.2) is 14.8 Å². The largest absolute Gasteiger partial charge is 0.462 e. The van der Waals surface area contributed by atoms with E-state index >= 15 is 0 Å². The molecular formula is C17H24N4O2S. The van der Waals surface area contributed by atoms with Gasteiger partial charge in [-0.15, -0.1) is 0 Å². The molecule has 0 aliphatic rings. The van der Waals surface area contributed by atoms with Crippen LogP contribution in [-0.2, 0) is 10.5 Å². The van der Waals surface area contributed by atoms with Crippen molar-refractivity contribution in [3.63, 3.8) is 0 Å². The summed E-state index contributed by atoms with van der Waals surface area (Å²) in [6, 6.07) is 1.90. The van der Waals surface area contributed by atoms with E-state index in [4.69, 9.17) is 4.74 Å². The Kier molecular flexibility index (Phi) is 6.66. The molecule has 0 aliphatic carbocycles. The van der Waals surface area contributed by atoms with Crippen molar-refractivity contribution in [1.82, 2.24) is 15.0 Å². The molecule has 2 heterocycles. The van der Waals surface area contributed by atoms with E-state index < -0.39 is 0 Å². The summed E-state index contributed by atoms with van der Waals surface area (Å²) in [5.74, 6) is 2.03. The summed E-state index contributed by atoms with van der Waals surface area (Å²) in [4.78, 5) is 24.0. The summed E-state index contributed by atoms with van der Waals surface area (Å²) < 4.78 is 5.14. The van der Waals surface area contributed by atoms with Crippen LogP contribution in [0.25, 0.3) is 0 Å². The van der Waals surface area contributed by atoms with Crippen molar-refractivity contribution >= 4 is 23.5 Å². The van der Waals surface area contributed by atoms with Crippen molar-refractivity contribution in [2.75, 3.05) is 24.2 Å². The smallest absolute Gasteiger partial charge is 0.342 e. The van der Waals surface area contributed by atoms with Gasteiger partial charge in [0.15, 0.2) is 0 Å². The molecule has 0 bridgehead atoms. The number of anilines is 1. The van der Waals surface area contributed by atoms with Gasteiger partial charge in [0.05, 0.1) is 18.6 Å². The number of carbonyl (C=O) groups excluding carboxylic acids is 1. The molecule has 130 valence electrons. The highest BCUT2D eigenvalue weighted by atomic mass is 32.2. The van der Waals surface area contributed by atoms with Gasteiger partial charge < -0.3 is 15.0 Å². The highest BCUT2D eigenvalue weighted by Crippen LogP contribution is 2.20. The SMILES string of the molecule is CCOC(=O)c1c(C)cc(C)nc1NCCSCc1nc[nH]c1C. The van der Waals surface area contributed by atoms with Crippen LogP contribution < -0.4 is 5.32 Å². The Morgan fingerprint density at radius 1 is 1.38 bits per heavy atom. The van der Waals surface area contributed by atoms with Gasteiger partial charge in [-0.1, -0.05) is 0 Å². The standard InChI is InChI=1S/C17H24N4O2S/c1-5-23-17(22)15-11(2)8-12(3)21-16(15)18-6-7-24-9-14-13(4)19-10-20-14/h8,10H,5-7,9H2,1-4H3,(H,18,21)(H,19,20). The average molecular weight is 348 g/mol. The lowest BCUT2D eigenvalue weighted by Gasteiger charge is -2.13. The molecule has 2 N–H and O–H groups in total. The molecule has 0 radical (unpaired) electrons. The Bertz CT molecular complexity index is 700. The molecule has 2 aromatic rings. The van der Waals surface area contributed by atoms with Crippen LogP contribution in [0.1, 0.15) is 39.9 Å². The molecule has 0 atom stereocenters. The van der Waals surface area contributed by atoms with Crippen molar-refractivity contribution in [2.45, 2.75) is 33.4 Å². The van der Waals surface area contributed by atoms with E-state index in [0.29, 0.717) is 18.0 Å². The summed E-state index contributed by atoms with van der Waals surface area (Å²) in [6.07, 6.45) is 1.72. The molecule has 2 rings (SSSR count). The molecule has 0 amide bonds. The summed E-state index contributed by atoms with van der Waals surface area (Å²) >= 11 is 1.79. The molecule has 0 spiro atoms. The first-order chi connectivity index (χ1) is 11.5. The minimum atomic E-state index is -0.329. The first kappa shape index (κ1) is 18.3. The lowest BCUT2D eigenvalue weighted by atomic mass is 10.1. The summed E-state index contributed by atoms with van der Waals surface area (Å²) in [5.41, 5.74) is 4.47. The Balaban J connectivity index is 1.93. The minimum Gasteiger partial charge on any atom is -0.462 e. The second-order valence-electron chi connectivity index (χ2n) is 5.48. The third-order valence-electron chi connectivity index (χ3n) is 3.54. The van der Waals surface area contributed by atoms with Gasteiger partial charge in [-0.3, -0.25) is 0 Å². The van der Waals surface area contributed by atoms with Crippen LogP contribution in [-0.4, -0.2) is 39.8 Å². The Morgan fingerprint density at radius 2 is 2.17 bits per heavy atom. The number of rotatable bonds is 8. The highest BCUT2D eigenvalue weighted by Gasteiger charge is 2.17. The number of pyridine rings is 1. The van der Waals surface area contributed by atoms with Crippen LogP contribution in [0.3, 0.4) is 0 Å². The summed E-state index contributed by atoms with van der Waals surface area (Å²) in [6.45, 7) is 8.71. The number of nitrogens with zero attached hydrogens (tertiary/aromatic N) is 2. The van der Waals surface area contributed by atoms with E-state index in [-0.39, 0.29) is 5.97 Å². The molecule has 0 aliphatic heterocycles. The third kappa shape index (κ3) is 4.74. The number of imidazole rings is 1. The second-order valence-corrected chi connectivity index (χ2v) is 6.58. The molecule has 2 aromatic heterocycles. The molecule has 0 aromatic carbocycles. The van der Waals surface area contributed by atoms with Gasteiger partial charge in [0, 0.05) is 29.4 Å². The van der Waals surface area contributed by atoms with Gasteiger partial charge in [-0.05, 0) is 39.3 Å². The molecule has 0 fully saturated rings. The Labute approximate surface area is 146 Å². The van der Waals surface area contributed by atoms with Crippen molar-refractivity contribution in [3.05, 3.63) is 40.6 Å². The number of hydrogen-bond acceptors (Lipinski definition) is 6. The van der Waals surface area contributed by atoms with E-state index in [9.17, 15) is 4.79 Å². The minimum absolute atomic E-state index is 0.329. The predicted octanol–water partition coefficient (Wildman–Crippen LogP) is 3.25. The molecular weight excluding hydrogens is 324 g/mol. The van der Waals surface area contributed by atoms with Gasteiger partial charge >= 0.3 is 5.97 Å². The fourth-order valence-corrected chi connectivity index (χ4v) is 3.24. The maximum Gasteiger partial charge on any atom is 0.342 e. The van der Waals surface area contributed by atoms with Crippen molar-refractivity contribution in [3.8, 4) is 0 Å². The topological polar surface area (TPSA) is 79.9 Å². The molecule has 24 heavy (non-hydrogen) atoms. The van der Waals surface area contributed by atoms with E-state index in [1.54, 1.807) is 25.0 Å². The van der Waals surface area contributed by atoms with E-state index in [2.05, 4.69) is 20.3 Å². The van der Waals surface area contributed by atoms with E-state index in [1.165, 1.54) is 0 Å². The highest BCUT2D eigenvalue weighted by molar-refractivity contribution is 7.98. The van der Waals surface area contributed by atoms with E-state index in [0.717, 1.165) is 40.7 Å². The fraction of sp³-hybridized carbons (Fsp3) is 0.471. The van der Waals surface area contributed by atoms with Crippen molar-refractivity contribution < 1.29 is 9.53 Å². The zero-order valence-electron chi connectivity index (χ0n) is 14.6. The quantitative estimate of drug-likeness (QED) is 0.563. The third-order valence-corrected chi connectivity index (χ3v) is 4.51. The zero-order valence-corrected chi connectivity index (χ0v) is 15.4. The van der Waals surface area contributed by atoms with Gasteiger partial charge in [-0.2, -0.15) is 11.8 Å². The number of aromatic nitrogens is 3. The maximum atomic E-state index is 12.2. The van der Waals surface area contributed by atoms with Crippen LogP contribution in [0.5, 0.6) is 0 Å². The van der Waals surface area contributed by atoms with E-state index in [1.807, 2.05) is 26.8 Å². The Morgan fingerprint density at radius 3 is 2.83 bits per heavy atom. The number of aromatic amines is 1. The average Bonchev–Trinajstić information content (AvgIpc) is 2.92. The lowest BCUT2D eigenvalue weighted by Crippen LogP contribution is -2.15. The summed E-state index contributed by atoms with van der Waals surface area (Å²) in [5, 5.41) is 3.27. The molecule has 7 heteroatoms. The number of esters is 1. The zero-order chi connectivity index (χ0) is 17.5. The predicted molar refractivity (Wildman–Crippen MR) is 97.6 cm³/mol. The lowest BCUT2D eigenvalue weighted by molar-refractivity contribution is 0.0526. The number of nitrogens with one attached hydrogen (secondary N) is 2. The Hall–Kier alpha value is -2.02. The number of ether oxygens (including phenoxy) is 1. The monoisotopic (exact) mass is 348 g/mol. The van der Waals surface area contributed by atoms with Crippen LogP contribution >= 0.6 is 11.8 Å². The van der Waals surface area contributed by atoms with Crippen molar-refractivity contribution in [1.29, 1.82) is 0 Å². The number of thioether (sulfide) groups is 1. The normalized spacial score (nSPS) is 10.7. The first-order valence-electron chi connectivity index (χ1n) is 7.98. The second kappa shape index (κ2) is 8.73. The van der Waals surface area contributed by atoms with Crippen LogP contribution in [0.4, 0.5) is 5.82 Å². The first-order valence-corrected chi connectivity index (χ1v) is 9.14. The maximum absolute atomic E-state index is 12.2. The van der Waals surface area contributed by atoms with Crippen molar-refractivity contribution in [2.24, 2.45) is 0 Å². The number of H-pyrrole nitrogens is 1. The molecule has 6 nitrogen and oxygen atoms in total. The number of aryl methyl sites for hydroxylation is 3. The summed E-state index contributed by atoms with van der Waals surface area (Å²) in [7, 11) is 0. The van der Waals surface area contributed by atoms with Crippen LogP contribution in [0, 0.1) is 20.8 Å². The fourth-order valence-electron chi connectivity index (χ4n) is 2.37. The molecule has 0 saturated carbocycles. The van der Waals surface area contributed by atoms with Gasteiger partial charge in [0.2, 0.25) is 0 Å². The van der Waals surface area contributed by atoms with Crippen LogP contribution in [0.2, 0.25) is 0 Å². The molecule has 0 unspecified atom stereocenters. The van der Waals surface area contributed by atoms with Gasteiger partial charge in [0.25, 0.3) is 0 Å². The van der Waals surface area contributed by atoms with Gasteiger partial charge in [0.1, 0.15) is 11.4 Å². The molecule has 0 saturated heterocycles. The number of hydrogen-bond donors (Lipinski definition) is 2.